The van der Waals surface area contributed by atoms with Crippen molar-refractivity contribution in [1.82, 2.24) is 9.80 Å². The highest BCUT2D eigenvalue weighted by molar-refractivity contribution is 7.91. The summed E-state index contributed by atoms with van der Waals surface area (Å²) in [5.74, 6) is 0.587. The first-order chi connectivity index (χ1) is 9.46. The Morgan fingerprint density at radius 3 is 2.60 bits per heavy atom. The molecule has 0 aromatic heterocycles. The third-order valence-corrected chi connectivity index (χ3v) is 7.02. The molecular formula is C14H29N3O2S. The predicted molar refractivity (Wildman–Crippen MR) is 82.6 cm³/mol. The van der Waals surface area contributed by atoms with Crippen LogP contribution in [0, 0.1) is 0 Å². The molecule has 0 aliphatic carbocycles. The van der Waals surface area contributed by atoms with Crippen molar-refractivity contribution in [3.8, 4) is 0 Å². The van der Waals surface area contributed by atoms with Gasteiger partial charge in [-0.05, 0) is 32.4 Å². The fraction of sp³-hybridized carbons (Fsp3) is 1.00. The van der Waals surface area contributed by atoms with Crippen LogP contribution >= 0.6 is 0 Å². The van der Waals surface area contributed by atoms with E-state index in [1.54, 1.807) is 0 Å². The number of sulfone groups is 1. The molecule has 2 fully saturated rings. The minimum absolute atomic E-state index is 0.251. The number of nitrogens with two attached hydrogens (primary N) is 1. The fourth-order valence-corrected chi connectivity index (χ4v) is 5.92. The van der Waals surface area contributed by atoms with E-state index in [0.29, 0.717) is 18.3 Å². The summed E-state index contributed by atoms with van der Waals surface area (Å²) in [7, 11) is -2.92. The van der Waals surface area contributed by atoms with Crippen LogP contribution in [0.4, 0.5) is 0 Å². The van der Waals surface area contributed by atoms with E-state index in [2.05, 4.69) is 23.6 Å². The van der Waals surface area contributed by atoms with Crippen molar-refractivity contribution in [1.29, 1.82) is 0 Å². The quantitative estimate of drug-likeness (QED) is 0.792. The maximum absolute atomic E-state index is 12.0. The number of hydrogen-bond donors (Lipinski definition) is 1. The molecule has 6 heteroatoms. The van der Waals surface area contributed by atoms with Crippen molar-refractivity contribution < 1.29 is 8.42 Å². The van der Waals surface area contributed by atoms with Gasteiger partial charge in [0, 0.05) is 31.2 Å². The second kappa shape index (κ2) is 6.30. The summed E-state index contributed by atoms with van der Waals surface area (Å²) in [5.41, 5.74) is 5.70. The lowest BCUT2D eigenvalue weighted by atomic mass is 9.93. The zero-order valence-electron chi connectivity index (χ0n) is 12.8. The van der Waals surface area contributed by atoms with Crippen LogP contribution in [0.3, 0.4) is 0 Å². The first kappa shape index (κ1) is 16.2. The molecule has 2 N–H and O–H groups in total. The van der Waals surface area contributed by atoms with Crippen LogP contribution in [-0.4, -0.2) is 74.0 Å². The summed E-state index contributed by atoms with van der Waals surface area (Å²) in [5, 5.41) is 0. The van der Waals surface area contributed by atoms with Crippen LogP contribution in [0.1, 0.15) is 33.1 Å². The molecule has 2 atom stereocenters. The SMILES string of the molecule is CCN(CC)C1CCN(C2(CN)CCCS(=O)(=O)C2)C1. The molecule has 0 amide bonds. The maximum atomic E-state index is 12.0. The van der Waals surface area contributed by atoms with Gasteiger partial charge in [0.15, 0.2) is 9.84 Å². The third-order valence-electron chi connectivity index (χ3n) is 5.13. The molecule has 2 aliphatic heterocycles. The van der Waals surface area contributed by atoms with Gasteiger partial charge in [0.2, 0.25) is 0 Å². The Hall–Kier alpha value is -0.170. The topological polar surface area (TPSA) is 66.6 Å². The number of nitrogens with zero attached hydrogens (tertiary/aromatic N) is 2. The molecule has 0 aromatic carbocycles. The van der Waals surface area contributed by atoms with Gasteiger partial charge in [-0.3, -0.25) is 9.80 Å². The van der Waals surface area contributed by atoms with E-state index in [0.717, 1.165) is 45.4 Å². The molecule has 2 aliphatic rings. The second-order valence-electron chi connectivity index (χ2n) is 6.23. The van der Waals surface area contributed by atoms with Crippen molar-refractivity contribution in [2.75, 3.05) is 44.2 Å². The van der Waals surface area contributed by atoms with Crippen molar-refractivity contribution in [3.05, 3.63) is 0 Å². The number of likely N-dealkylation sites (tertiary alicyclic amines) is 1. The van der Waals surface area contributed by atoms with Gasteiger partial charge < -0.3 is 5.73 Å². The van der Waals surface area contributed by atoms with Gasteiger partial charge >= 0.3 is 0 Å². The van der Waals surface area contributed by atoms with Crippen molar-refractivity contribution in [2.45, 2.75) is 44.7 Å². The normalized spacial score (nSPS) is 34.7. The highest BCUT2D eigenvalue weighted by Crippen LogP contribution is 2.32. The van der Waals surface area contributed by atoms with E-state index in [1.807, 2.05) is 0 Å². The van der Waals surface area contributed by atoms with Gasteiger partial charge in [-0.25, -0.2) is 8.42 Å². The van der Waals surface area contributed by atoms with Crippen molar-refractivity contribution >= 4 is 9.84 Å². The molecule has 0 spiro atoms. The molecule has 5 nitrogen and oxygen atoms in total. The van der Waals surface area contributed by atoms with Crippen LogP contribution in [0.15, 0.2) is 0 Å². The molecule has 0 radical (unpaired) electrons. The third kappa shape index (κ3) is 3.18. The zero-order chi connectivity index (χ0) is 14.8. The van der Waals surface area contributed by atoms with E-state index < -0.39 is 9.84 Å². The van der Waals surface area contributed by atoms with Gasteiger partial charge in [-0.2, -0.15) is 0 Å². The largest absolute Gasteiger partial charge is 0.329 e. The molecule has 2 unspecified atom stereocenters. The number of likely N-dealkylation sites (N-methyl/N-ethyl adjacent to an activating group) is 1. The van der Waals surface area contributed by atoms with Gasteiger partial charge in [0.05, 0.1) is 11.5 Å². The number of rotatable bonds is 5. The van der Waals surface area contributed by atoms with E-state index in [9.17, 15) is 8.42 Å². The van der Waals surface area contributed by atoms with Gasteiger partial charge in [-0.1, -0.05) is 13.8 Å². The van der Waals surface area contributed by atoms with E-state index in [4.69, 9.17) is 5.73 Å². The minimum atomic E-state index is -2.92. The van der Waals surface area contributed by atoms with Gasteiger partial charge in [-0.15, -0.1) is 0 Å². The zero-order valence-corrected chi connectivity index (χ0v) is 13.7. The predicted octanol–water partition coefficient (Wildman–Crippen LogP) is 0.309. The Morgan fingerprint density at radius 1 is 1.35 bits per heavy atom. The van der Waals surface area contributed by atoms with E-state index in [-0.39, 0.29) is 11.3 Å². The van der Waals surface area contributed by atoms with Crippen LogP contribution in [-0.2, 0) is 9.84 Å². The lowest BCUT2D eigenvalue weighted by Gasteiger charge is -2.44. The maximum Gasteiger partial charge on any atom is 0.152 e. The van der Waals surface area contributed by atoms with Crippen LogP contribution in [0.25, 0.3) is 0 Å². The lowest BCUT2D eigenvalue weighted by molar-refractivity contribution is 0.114. The van der Waals surface area contributed by atoms with Crippen LogP contribution < -0.4 is 5.73 Å². The Morgan fingerprint density at radius 2 is 2.05 bits per heavy atom. The highest BCUT2D eigenvalue weighted by atomic mass is 32.2. The first-order valence-electron chi connectivity index (χ1n) is 7.86. The molecule has 118 valence electrons. The lowest BCUT2D eigenvalue weighted by Crippen LogP contribution is -2.60. The monoisotopic (exact) mass is 303 g/mol. The molecule has 2 rings (SSSR count). The number of hydrogen-bond acceptors (Lipinski definition) is 5. The molecule has 0 aromatic rings. The van der Waals surface area contributed by atoms with Gasteiger partial charge in [0.1, 0.15) is 0 Å². The van der Waals surface area contributed by atoms with Gasteiger partial charge in [0.25, 0.3) is 0 Å². The summed E-state index contributed by atoms with van der Waals surface area (Å²) in [4.78, 5) is 4.84. The highest BCUT2D eigenvalue weighted by Gasteiger charge is 2.45. The molecule has 0 saturated carbocycles. The van der Waals surface area contributed by atoms with Crippen LogP contribution in [0.2, 0.25) is 0 Å². The first-order valence-corrected chi connectivity index (χ1v) is 9.68. The average Bonchev–Trinajstić information content (AvgIpc) is 2.89. The molecule has 2 heterocycles. The Balaban J connectivity index is 2.10. The van der Waals surface area contributed by atoms with Crippen LogP contribution in [0.5, 0.6) is 0 Å². The Bertz CT molecular complexity index is 422. The average molecular weight is 303 g/mol. The summed E-state index contributed by atoms with van der Waals surface area (Å²) in [6, 6.07) is 0.554. The summed E-state index contributed by atoms with van der Waals surface area (Å²) in [6.07, 6.45) is 2.81. The molecule has 20 heavy (non-hydrogen) atoms. The summed E-state index contributed by atoms with van der Waals surface area (Å²) < 4.78 is 24.0. The Labute approximate surface area is 123 Å². The second-order valence-corrected chi connectivity index (χ2v) is 8.42. The molecular weight excluding hydrogens is 274 g/mol. The summed E-state index contributed by atoms with van der Waals surface area (Å²) >= 11 is 0. The standard InChI is InChI=1S/C14H29N3O2S/c1-3-16(4-2)13-6-8-17(10-13)14(11-15)7-5-9-20(18,19)12-14/h13H,3-12,15H2,1-2H3. The van der Waals surface area contributed by atoms with Crippen molar-refractivity contribution in [2.24, 2.45) is 5.73 Å². The van der Waals surface area contributed by atoms with E-state index >= 15 is 0 Å². The molecule has 2 saturated heterocycles. The molecule has 0 bridgehead atoms. The smallest absolute Gasteiger partial charge is 0.152 e. The van der Waals surface area contributed by atoms with E-state index in [1.165, 1.54) is 0 Å². The summed E-state index contributed by atoms with van der Waals surface area (Å²) in [6.45, 7) is 8.90. The fourth-order valence-electron chi connectivity index (χ4n) is 3.93. The Kier molecular flexibility index (Phi) is 5.10. The minimum Gasteiger partial charge on any atom is -0.329 e. The van der Waals surface area contributed by atoms with Crippen molar-refractivity contribution in [3.63, 3.8) is 0 Å².